The van der Waals surface area contributed by atoms with Crippen LogP contribution in [0.5, 0.6) is 11.5 Å². The third-order valence-electron chi connectivity index (χ3n) is 2.38. The van der Waals surface area contributed by atoms with Crippen LogP contribution in [0.15, 0.2) is 24.3 Å². The van der Waals surface area contributed by atoms with E-state index in [1.165, 1.54) is 24.3 Å². The van der Waals surface area contributed by atoms with Crippen LogP contribution < -0.4 is 9.47 Å². The van der Waals surface area contributed by atoms with Crippen LogP contribution in [0.3, 0.4) is 0 Å². The normalized spacial score (nSPS) is 13.2. The summed E-state index contributed by atoms with van der Waals surface area (Å²) < 4.78 is 45.0. The van der Waals surface area contributed by atoms with Crippen molar-refractivity contribution >= 4 is 12.6 Å². The van der Waals surface area contributed by atoms with Crippen molar-refractivity contribution in [2.45, 2.75) is 19.7 Å². The Kier molecular flexibility index (Phi) is 5.65. The van der Waals surface area contributed by atoms with Crippen molar-refractivity contribution in [1.82, 2.24) is 0 Å². The molecule has 1 aromatic rings. The van der Waals surface area contributed by atoms with Crippen molar-refractivity contribution < 1.29 is 22.6 Å². The van der Waals surface area contributed by atoms with E-state index in [0.29, 0.717) is 24.0 Å². The van der Waals surface area contributed by atoms with Crippen molar-refractivity contribution in [3.05, 3.63) is 24.3 Å². The summed E-state index contributed by atoms with van der Waals surface area (Å²) in [6.45, 7) is 2.53. The zero-order valence-corrected chi connectivity index (χ0v) is 10.8. The zero-order valence-electron chi connectivity index (χ0n) is 9.91. The molecule has 0 fully saturated rings. The molecule has 0 amide bonds. The molecular formula is C12H15F3O2S. The van der Waals surface area contributed by atoms with Gasteiger partial charge in [-0.15, -0.1) is 13.2 Å². The Balaban J connectivity index is 2.50. The van der Waals surface area contributed by atoms with E-state index < -0.39 is 6.36 Å². The maximum Gasteiger partial charge on any atom is 0.573 e. The fourth-order valence-electron chi connectivity index (χ4n) is 1.25. The van der Waals surface area contributed by atoms with Crippen LogP contribution in [0.4, 0.5) is 13.2 Å². The van der Waals surface area contributed by atoms with Gasteiger partial charge in [-0.25, -0.2) is 0 Å². The maximum absolute atomic E-state index is 11.9. The van der Waals surface area contributed by atoms with Gasteiger partial charge in [0.1, 0.15) is 11.5 Å². The number of hydrogen-bond donors (Lipinski definition) is 1. The Hall–Kier alpha value is -1.04. The van der Waals surface area contributed by atoms with Crippen LogP contribution in [-0.2, 0) is 0 Å². The second-order valence-corrected chi connectivity index (χ2v) is 4.15. The van der Waals surface area contributed by atoms with Gasteiger partial charge < -0.3 is 9.47 Å². The zero-order chi connectivity index (χ0) is 13.6. The largest absolute Gasteiger partial charge is 0.573 e. The van der Waals surface area contributed by atoms with E-state index in [1.807, 2.05) is 6.92 Å². The molecule has 1 atom stereocenters. The average Bonchev–Trinajstić information content (AvgIpc) is 2.30. The summed E-state index contributed by atoms with van der Waals surface area (Å²) in [5.41, 5.74) is 0. The maximum atomic E-state index is 11.9. The van der Waals surface area contributed by atoms with Gasteiger partial charge in [0.05, 0.1) is 6.61 Å². The first-order valence-corrected chi connectivity index (χ1v) is 6.17. The lowest BCUT2D eigenvalue weighted by Gasteiger charge is -2.14. The van der Waals surface area contributed by atoms with Crippen molar-refractivity contribution in [1.29, 1.82) is 0 Å². The minimum absolute atomic E-state index is 0.254. The summed E-state index contributed by atoms with van der Waals surface area (Å²) in [6, 6.07) is 5.35. The van der Waals surface area contributed by atoms with Crippen LogP contribution in [0.25, 0.3) is 0 Å². The fourth-order valence-corrected chi connectivity index (χ4v) is 1.61. The molecule has 1 aromatic carbocycles. The lowest BCUT2D eigenvalue weighted by Crippen LogP contribution is -2.17. The topological polar surface area (TPSA) is 18.5 Å². The van der Waals surface area contributed by atoms with E-state index in [-0.39, 0.29) is 5.75 Å². The monoisotopic (exact) mass is 280 g/mol. The van der Waals surface area contributed by atoms with Crippen molar-refractivity contribution in [3.63, 3.8) is 0 Å². The third-order valence-corrected chi connectivity index (χ3v) is 2.89. The molecule has 0 spiro atoms. The van der Waals surface area contributed by atoms with Crippen molar-refractivity contribution in [2.24, 2.45) is 5.92 Å². The van der Waals surface area contributed by atoms with Crippen molar-refractivity contribution in [3.8, 4) is 11.5 Å². The molecule has 1 unspecified atom stereocenters. The highest BCUT2D eigenvalue weighted by molar-refractivity contribution is 7.80. The van der Waals surface area contributed by atoms with E-state index in [1.54, 1.807) is 0 Å². The van der Waals surface area contributed by atoms with Gasteiger partial charge in [-0.3, -0.25) is 0 Å². The predicted molar refractivity (Wildman–Crippen MR) is 66.3 cm³/mol. The van der Waals surface area contributed by atoms with Crippen LogP contribution in [0, 0.1) is 5.92 Å². The number of rotatable bonds is 6. The highest BCUT2D eigenvalue weighted by atomic mass is 32.1. The van der Waals surface area contributed by atoms with E-state index in [2.05, 4.69) is 17.4 Å². The van der Waals surface area contributed by atoms with Crippen LogP contribution in [0.2, 0.25) is 0 Å². The molecule has 6 heteroatoms. The molecule has 0 saturated heterocycles. The van der Waals surface area contributed by atoms with E-state index in [4.69, 9.17) is 4.74 Å². The molecule has 0 radical (unpaired) electrons. The molecule has 18 heavy (non-hydrogen) atoms. The van der Waals surface area contributed by atoms with Crippen molar-refractivity contribution in [2.75, 3.05) is 12.4 Å². The lowest BCUT2D eigenvalue weighted by molar-refractivity contribution is -0.274. The molecule has 102 valence electrons. The van der Waals surface area contributed by atoms with Gasteiger partial charge in [0.2, 0.25) is 0 Å². The minimum Gasteiger partial charge on any atom is -0.493 e. The number of halogens is 3. The Morgan fingerprint density at radius 2 is 1.72 bits per heavy atom. The van der Waals surface area contributed by atoms with Gasteiger partial charge in [-0.1, -0.05) is 6.92 Å². The molecule has 0 saturated carbocycles. The first-order chi connectivity index (χ1) is 8.44. The molecular weight excluding hydrogens is 265 g/mol. The SMILES string of the molecule is CCC(CS)COc1ccc(OC(F)(F)F)cc1. The quantitative estimate of drug-likeness (QED) is 0.796. The van der Waals surface area contributed by atoms with Gasteiger partial charge in [0.25, 0.3) is 0 Å². The third kappa shape index (κ3) is 5.53. The Morgan fingerprint density at radius 1 is 1.17 bits per heavy atom. The summed E-state index contributed by atoms with van der Waals surface area (Å²) in [6.07, 6.45) is -3.72. The Morgan fingerprint density at radius 3 is 2.17 bits per heavy atom. The summed E-state index contributed by atoms with van der Waals surface area (Å²) in [5, 5.41) is 0. The molecule has 0 aliphatic rings. The predicted octanol–water partition coefficient (Wildman–Crippen LogP) is 3.92. The standard InChI is InChI=1S/C12H15F3O2S/c1-2-9(8-18)7-16-10-3-5-11(6-4-10)17-12(13,14)15/h3-6,9,18H,2,7-8H2,1H3. The Labute approximate surface area is 109 Å². The molecule has 1 rings (SSSR count). The first kappa shape index (κ1) is 15.0. The summed E-state index contributed by atoms with van der Waals surface area (Å²) in [4.78, 5) is 0. The van der Waals surface area contributed by atoms with Gasteiger partial charge in [-0.2, -0.15) is 12.6 Å². The number of benzene rings is 1. The highest BCUT2D eigenvalue weighted by Crippen LogP contribution is 2.25. The number of ether oxygens (including phenoxy) is 2. The first-order valence-electron chi connectivity index (χ1n) is 5.54. The summed E-state index contributed by atoms with van der Waals surface area (Å²) >= 11 is 4.18. The fraction of sp³-hybridized carbons (Fsp3) is 0.500. The summed E-state index contributed by atoms with van der Waals surface area (Å²) in [7, 11) is 0. The number of hydrogen-bond acceptors (Lipinski definition) is 3. The number of alkyl halides is 3. The van der Waals surface area contributed by atoms with Crippen LogP contribution >= 0.6 is 12.6 Å². The number of thiol groups is 1. The van der Waals surface area contributed by atoms with E-state index in [0.717, 1.165) is 6.42 Å². The second-order valence-electron chi connectivity index (χ2n) is 3.79. The lowest BCUT2D eigenvalue weighted by atomic mass is 10.1. The molecule has 0 aliphatic carbocycles. The van der Waals surface area contributed by atoms with Gasteiger partial charge in [0, 0.05) is 5.92 Å². The minimum atomic E-state index is -4.66. The Bertz CT molecular complexity index is 347. The van der Waals surface area contributed by atoms with Crippen LogP contribution in [0.1, 0.15) is 13.3 Å². The molecule has 0 heterocycles. The molecule has 0 bridgehead atoms. The smallest absolute Gasteiger partial charge is 0.493 e. The van der Waals surface area contributed by atoms with E-state index in [9.17, 15) is 13.2 Å². The molecule has 0 aromatic heterocycles. The van der Waals surface area contributed by atoms with Gasteiger partial charge in [0.15, 0.2) is 0 Å². The highest BCUT2D eigenvalue weighted by Gasteiger charge is 2.30. The molecule has 2 nitrogen and oxygen atoms in total. The second kappa shape index (κ2) is 6.78. The van der Waals surface area contributed by atoms with Crippen LogP contribution in [-0.4, -0.2) is 18.7 Å². The molecule has 0 aliphatic heterocycles. The van der Waals surface area contributed by atoms with Gasteiger partial charge >= 0.3 is 6.36 Å². The molecule has 0 N–H and O–H groups in total. The average molecular weight is 280 g/mol. The summed E-state index contributed by atoms with van der Waals surface area (Å²) in [5.74, 6) is 1.31. The van der Waals surface area contributed by atoms with E-state index >= 15 is 0 Å². The van der Waals surface area contributed by atoms with Gasteiger partial charge in [-0.05, 0) is 36.4 Å².